The molecule has 0 radical (unpaired) electrons. The van der Waals surface area contributed by atoms with Crippen LogP contribution in [0.15, 0.2) is 65.6 Å². The summed E-state index contributed by atoms with van der Waals surface area (Å²) in [7, 11) is -3.50. The zero-order chi connectivity index (χ0) is 16.8. The molecule has 1 heterocycles. The SMILES string of the molecule is O=S(=O)(NC[C@@H](c1ccccc1)[NH+]1CCOCC1)c1ccccc1. The summed E-state index contributed by atoms with van der Waals surface area (Å²) < 4.78 is 33.2. The highest BCUT2D eigenvalue weighted by Gasteiger charge is 2.28. The van der Waals surface area contributed by atoms with Crippen LogP contribution in [0.4, 0.5) is 0 Å². The molecule has 0 spiro atoms. The summed E-state index contributed by atoms with van der Waals surface area (Å²) >= 11 is 0. The Morgan fingerprint density at radius 3 is 2.17 bits per heavy atom. The second-order valence-electron chi connectivity index (χ2n) is 5.90. The van der Waals surface area contributed by atoms with Crippen LogP contribution in [0.2, 0.25) is 0 Å². The zero-order valence-electron chi connectivity index (χ0n) is 13.5. The molecule has 6 heteroatoms. The first kappa shape index (κ1) is 17.1. The third kappa shape index (κ3) is 4.21. The van der Waals surface area contributed by atoms with Crippen LogP contribution < -0.4 is 9.62 Å². The lowest BCUT2D eigenvalue weighted by atomic mass is 10.1. The number of nitrogens with one attached hydrogen (secondary N) is 2. The van der Waals surface area contributed by atoms with Crippen LogP contribution in [0, 0.1) is 0 Å². The normalized spacial score (nSPS) is 17.5. The summed E-state index contributed by atoms with van der Waals surface area (Å²) in [5, 5.41) is 0. The molecule has 0 amide bonds. The minimum Gasteiger partial charge on any atom is -0.370 e. The maximum Gasteiger partial charge on any atom is 0.240 e. The summed E-state index contributed by atoms with van der Waals surface area (Å²) in [4.78, 5) is 1.65. The highest BCUT2D eigenvalue weighted by molar-refractivity contribution is 7.89. The van der Waals surface area contributed by atoms with E-state index >= 15 is 0 Å². The van der Waals surface area contributed by atoms with E-state index in [9.17, 15) is 8.42 Å². The third-order valence-corrected chi connectivity index (χ3v) is 5.80. The van der Waals surface area contributed by atoms with Gasteiger partial charge in [0.2, 0.25) is 10.0 Å². The number of quaternary nitrogens is 1. The second kappa shape index (κ2) is 7.90. The first-order valence-corrected chi connectivity index (χ1v) is 9.67. The fraction of sp³-hybridized carbons (Fsp3) is 0.333. The van der Waals surface area contributed by atoms with E-state index in [4.69, 9.17) is 4.74 Å². The molecule has 0 bridgehead atoms. The van der Waals surface area contributed by atoms with E-state index < -0.39 is 10.0 Å². The largest absolute Gasteiger partial charge is 0.370 e. The average Bonchev–Trinajstić information content (AvgIpc) is 2.64. The Morgan fingerprint density at radius 1 is 0.958 bits per heavy atom. The number of hydrogen-bond donors (Lipinski definition) is 2. The van der Waals surface area contributed by atoms with Crippen LogP contribution in [-0.2, 0) is 14.8 Å². The van der Waals surface area contributed by atoms with Crippen molar-refractivity contribution >= 4 is 10.0 Å². The quantitative estimate of drug-likeness (QED) is 0.805. The molecule has 2 N–H and O–H groups in total. The Bertz CT molecular complexity index is 729. The van der Waals surface area contributed by atoms with Crippen molar-refractivity contribution in [3.05, 3.63) is 66.2 Å². The molecular weight excluding hydrogens is 324 g/mol. The van der Waals surface area contributed by atoms with Crippen molar-refractivity contribution in [1.82, 2.24) is 4.72 Å². The maximum atomic E-state index is 12.5. The van der Waals surface area contributed by atoms with Gasteiger partial charge in [0, 0.05) is 5.56 Å². The van der Waals surface area contributed by atoms with E-state index in [-0.39, 0.29) is 6.04 Å². The predicted octanol–water partition coefficient (Wildman–Crippen LogP) is 0.621. The Morgan fingerprint density at radius 2 is 1.54 bits per heavy atom. The first-order chi connectivity index (χ1) is 11.7. The van der Waals surface area contributed by atoms with Gasteiger partial charge in [-0.2, -0.15) is 0 Å². The summed E-state index contributed by atoms with van der Waals surface area (Å²) in [5.41, 5.74) is 1.14. The van der Waals surface area contributed by atoms with Gasteiger partial charge in [-0.05, 0) is 12.1 Å². The number of sulfonamides is 1. The topological polar surface area (TPSA) is 59.8 Å². The lowest BCUT2D eigenvalue weighted by Gasteiger charge is -2.31. The predicted molar refractivity (Wildman–Crippen MR) is 92.3 cm³/mol. The van der Waals surface area contributed by atoms with Gasteiger partial charge < -0.3 is 9.64 Å². The van der Waals surface area contributed by atoms with Crippen molar-refractivity contribution in [2.75, 3.05) is 32.8 Å². The van der Waals surface area contributed by atoms with Gasteiger partial charge in [0.05, 0.1) is 24.7 Å². The summed E-state index contributed by atoms with van der Waals surface area (Å²) in [5.74, 6) is 0. The van der Waals surface area contributed by atoms with Gasteiger partial charge in [0.1, 0.15) is 19.1 Å². The highest BCUT2D eigenvalue weighted by Crippen LogP contribution is 2.12. The van der Waals surface area contributed by atoms with Crippen molar-refractivity contribution in [3.63, 3.8) is 0 Å². The van der Waals surface area contributed by atoms with Crippen molar-refractivity contribution in [1.29, 1.82) is 0 Å². The lowest BCUT2D eigenvalue weighted by Crippen LogP contribution is -3.15. The van der Waals surface area contributed by atoms with E-state index in [0.29, 0.717) is 24.7 Å². The molecule has 1 fully saturated rings. The van der Waals surface area contributed by atoms with Gasteiger partial charge in [-0.3, -0.25) is 0 Å². The number of benzene rings is 2. The van der Waals surface area contributed by atoms with E-state index in [1.165, 1.54) is 4.90 Å². The van der Waals surface area contributed by atoms with Gasteiger partial charge in [0.25, 0.3) is 0 Å². The van der Waals surface area contributed by atoms with Crippen LogP contribution in [0.3, 0.4) is 0 Å². The van der Waals surface area contributed by atoms with E-state index in [1.54, 1.807) is 24.3 Å². The monoisotopic (exact) mass is 347 g/mol. The summed E-state index contributed by atoms with van der Waals surface area (Å²) in [6, 6.07) is 18.7. The summed E-state index contributed by atoms with van der Waals surface area (Å²) in [6.45, 7) is 3.56. The first-order valence-electron chi connectivity index (χ1n) is 8.19. The van der Waals surface area contributed by atoms with E-state index in [0.717, 1.165) is 18.7 Å². The van der Waals surface area contributed by atoms with Crippen molar-refractivity contribution < 1.29 is 18.1 Å². The van der Waals surface area contributed by atoms with Gasteiger partial charge >= 0.3 is 0 Å². The van der Waals surface area contributed by atoms with Gasteiger partial charge in [-0.25, -0.2) is 13.1 Å². The lowest BCUT2D eigenvalue weighted by molar-refractivity contribution is -0.937. The minimum absolute atomic E-state index is 0.0774. The van der Waals surface area contributed by atoms with Crippen LogP contribution in [0.5, 0.6) is 0 Å². The highest BCUT2D eigenvalue weighted by atomic mass is 32.2. The van der Waals surface area contributed by atoms with Crippen LogP contribution in [-0.4, -0.2) is 41.3 Å². The molecule has 3 rings (SSSR count). The molecule has 0 saturated carbocycles. The van der Waals surface area contributed by atoms with Crippen LogP contribution in [0.25, 0.3) is 0 Å². The molecule has 24 heavy (non-hydrogen) atoms. The van der Waals surface area contributed by atoms with Gasteiger partial charge in [-0.15, -0.1) is 0 Å². The molecule has 2 aromatic rings. The molecule has 1 atom stereocenters. The van der Waals surface area contributed by atoms with E-state index in [2.05, 4.69) is 16.9 Å². The van der Waals surface area contributed by atoms with E-state index in [1.807, 2.05) is 24.3 Å². The average molecular weight is 347 g/mol. The Balaban J connectivity index is 1.77. The standard InChI is InChI=1S/C18H22N2O3S/c21-24(22,17-9-5-2-6-10-17)19-15-18(16-7-3-1-4-8-16)20-11-13-23-14-12-20/h1-10,18-19H,11-15H2/p+1/t18-/m0/s1. The molecule has 1 aliphatic rings. The van der Waals surface area contributed by atoms with Crippen LogP contribution >= 0.6 is 0 Å². The Kier molecular flexibility index (Phi) is 5.63. The number of hydrogen-bond acceptors (Lipinski definition) is 3. The molecule has 0 aromatic heterocycles. The molecule has 0 unspecified atom stereocenters. The Hall–Kier alpha value is -1.73. The smallest absolute Gasteiger partial charge is 0.240 e. The molecule has 0 aliphatic carbocycles. The molecular formula is C18H23N2O3S+. The molecule has 5 nitrogen and oxygen atoms in total. The zero-order valence-corrected chi connectivity index (χ0v) is 14.3. The second-order valence-corrected chi connectivity index (χ2v) is 7.67. The molecule has 128 valence electrons. The maximum absolute atomic E-state index is 12.5. The van der Waals surface area contributed by atoms with Gasteiger partial charge in [0.15, 0.2) is 0 Å². The Labute approximate surface area is 143 Å². The molecule has 2 aromatic carbocycles. The summed E-state index contributed by atoms with van der Waals surface area (Å²) in [6.07, 6.45) is 0. The number of rotatable bonds is 6. The third-order valence-electron chi connectivity index (χ3n) is 4.36. The fourth-order valence-corrected chi connectivity index (χ4v) is 4.11. The molecule has 1 aliphatic heterocycles. The number of morpholine rings is 1. The van der Waals surface area contributed by atoms with Crippen molar-refractivity contribution in [3.8, 4) is 0 Å². The minimum atomic E-state index is -3.50. The molecule has 1 saturated heterocycles. The van der Waals surface area contributed by atoms with Crippen molar-refractivity contribution in [2.45, 2.75) is 10.9 Å². The van der Waals surface area contributed by atoms with Crippen molar-refractivity contribution in [2.24, 2.45) is 0 Å². The van der Waals surface area contributed by atoms with Gasteiger partial charge in [-0.1, -0.05) is 48.5 Å². The fourth-order valence-electron chi connectivity index (χ4n) is 3.04. The number of ether oxygens (including phenoxy) is 1. The van der Waals surface area contributed by atoms with Crippen LogP contribution in [0.1, 0.15) is 11.6 Å².